The Labute approximate surface area is 170 Å². The number of thiazole rings is 1. The topological polar surface area (TPSA) is 81.9 Å². The lowest BCUT2D eigenvalue weighted by atomic mass is 10.3. The SMILES string of the molecule is Cc1csc(NC(=O)[C@H](C)Sc2nnc(COc3ccc(Cl)cc3)n2C)n1. The van der Waals surface area contributed by atoms with Gasteiger partial charge in [0, 0.05) is 17.5 Å². The predicted octanol–water partition coefficient (Wildman–Crippen LogP) is 3.93. The standard InChI is InChI=1S/C17H18ClN5O2S2/c1-10-9-26-16(19-10)20-15(24)11(2)27-17-22-21-14(23(17)3)8-25-13-6-4-12(18)5-7-13/h4-7,9,11H,8H2,1-3H3,(H,19,20,24)/t11-/m0/s1. The minimum atomic E-state index is -0.345. The molecule has 0 aliphatic rings. The third-order valence-electron chi connectivity index (χ3n) is 3.61. The summed E-state index contributed by atoms with van der Waals surface area (Å²) in [5.41, 5.74) is 0.884. The second-order valence-electron chi connectivity index (χ2n) is 5.74. The maximum atomic E-state index is 12.3. The monoisotopic (exact) mass is 423 g/mol. The van der Waals surface area contributed by atoms with Crippen molar-refractivity contribution in [2.24, 2.45) is 7.05 Å². The molecule has 0 aliphatic heterocycles. The smallest absolute Gasteiger partial charge is 0.239 e. The summed E-state index contributed by atoms with van der Waals surface area (Å²) in [6.45, 7) is 3.97. The van der Waals surface area contributed by atoms with Crippen LogP contribution in [0.4, 0.5) is 5.13 Å². The fraction of sp³-hybridized carbons (Fsp3) is 0.294. The van der Waals surface area contributed by atoms with Crippen LogP contribution in [0, 0.1) is 6.92 Å². The number of amides is 1. The van der Waals surface area contributed by atoms with Crippen LogP contribution in [-0.4, -0.2) is 30.9 Å². The first-order chi connectivity index (χ1) is 12.9. The summed E-state index contributed by atoms with van der Waals surface area (Å²) in [6.07, 6.45) is 0. The van der Waals surface area contributed by atoms with Gasteiger partial charge in [0.15, 0.2) is 16.1 Å². The van der Waals surface area contributed by atoms with E-state index in [-0.39, 0.29) is 17.8 Å². The van der Waals surface area contributed by atoms with Gasteiger partial charge in [-0.25, -0.2) is 4.98 Å². The van der Waals surface area contributed by atoms with Crippen LogP contribution < -0.4 is 10.1 Å². The average molecular weight is 424 g/mol. The van der Waals surface area contributed by atoms with Gasteiger partial charge in [-0.05, 0) is 38.1 Å². The molecule has 0 saturated carbocycles. The summed E-state index contributed by atoms with van der Waals surface area (Å²) >= 11 is 8.60. The first kappa shape index (κ1) is 19.7. The quantitative estimate of drug-likeness (QED) is 0.580. The highest BCUT2D eigenvalue weighted by atomic mass is 35.5. The lowest BCUT2D eigenvalue weighted by Gasteiger charge is -2.10. The van der Waals surface area contributed by atoms with Crippen molar-refractivity contribution >= 4 is 45.7 Å². The highest BCUT2D eigenvalue weighted by Crippen LogP contribution is 2.24. The van der Waals surface area contributed by atoms with Crippen molar-refractivity contribution in [2.75, 3.05) is 5.32 Å². The third kappa shape index (κ3) is 5.21. The summed E-state index contributed by atoms with van der Waals surface area (Å²) in [7, 11) is 1.84. The molecule has 1 N–H and O–H groups in total. The molecule has 1 aromatic carbocycles. The fourth-order valence-electron chi connectivity index (χ4n) is 2.08. The highest BCUT2D eigenvalue weighted by molar-refractivity contribution is 8.00. The summed E-state index contributed by atoms with van der Waals surface area (Å²) < 4.78 is 7.51. The number of thioether (sulfide) groups is 1. The first-order valence-corrected chi connectivity index (χ1v) is 10.2. The molecule has 1 amide bonds. The summed E-state index contributed by atoms with van der Waals surface area (Å²) in [6, 6.07) is 7.11. The van der Waals surface area contributed by atoms with Gasteiger partial charge in [-0.15, -0.1) is 21.5 Å². The number of nitrogens with zero attached hydrogens (tertiary/aromatic N) is 4. The molecule has 0 spiro atoms. The lowest BCUT2D eigenvalue weighted by molar-refractivity contribution is -0.115. The van der Waals surface area contributed by atoms with E-state index in [1.807, 2.05) is 30.8 Å². The largest absolute Gasteiger partial charge is 0.486 e. The van der Waals surface area contributed by atoms with E-state index in [0.717, 1.165) is 5.69 Å². The van der Waals surface area contributed by atoms with Crippen LogP contribution in [0.2, 0.25) is 5.02 Å². The molecule has 2 heterocycles. The Hall–Kier alpha value is -2.10. The molecule has 0 fully saturated rings. The number of hydrogen-bond donors (Lipinski definition) is 1. The highest BCUT2D eigenvalue weighted by Gasteiger charge is 2.20. The van der Waals surface area contributed by atoms with Crippen LogP contribution in [0.1, 0.15) is 18.4 Å². The average Bonchev–Trinajstić information content (AvgIpc) is 3.20. The summed E-state index contributed by atoms with van der Waals surface area (Å²) in [5, 5.41) is 14.6. The van der Waals surface area contributed by atoms with E-state index < -0.39 is 0 Å². The van der Waals surface area contributed by atoms with E-state index in [9.17, 15) is 4.79 Å². The van der Waals surface area contributed by atoms with Gasteiger partial charge >= 0.3 is 0 Å². The molecule has 0 bridgehead atoms. The molecule has 0 radical (unpaired) electrons. The zero-order chi connectivity index (χ0) is 19.4. The van der Waals surface area contributed by atoms with Crippen molar-refractivity contribution in [3.63, 3.8) is 0 Å². The van der Waals surface area contributed by atoms with E-state index in [1.165, 1.54) is 23.1 Å². The van der Waals surface area contributed by atoms with Gasteiger partial charge in [-0.2, -0.15) is 0 Å². The Morgan fingerprint density at radius 2 is 2.11 bits per heavy atom. The Kier molecular flexibility index (Phi) is 6.35. The van der Waals surface area contributed by atoms with E-state index in [4.69, 9.17) is 16.3 Å². The molecule has 3 rings (SSSR count). The fourth-order valence-corrected chi connectivity index (χ4v) is 3.73. The molecule has 0 aliphatic carbocycles. The maximum absolute atomic E-state index is 12.3. The molecular weight excluding hydrogens is 406 g/mol. The second-order valence-corrected chi connectivity index (χ2v) is 8.35. The maximum Gasteiger partial charge on any atom is 0.239 e. The number of hydrogen-bond acceptors (Lipinski definition) is 7. The van der Waals surface area contributed by atoms with Gasteiger partial charge in [0.25, 0.3) is 0 Å². The van der Waals surface area contributed by atoms with Crippen molar-refractivity contribution in [3.05, 3.63) is 46.2 Å². The minimum Gasteiger partial charge on any atom is -0.486 e. The number of aryl methyl sites for hydroxylation is 1. The molecule has 27 heavy (non-hydrogen) atoms. The van der Waals surface area contributed by atoms with E-state index in [2.05, 4.69) is 20.5 Å². The number of benzene rings is 1. The molecule has 0 unspecified atom stereocenters. The predicted molar refractivity (Wildman–Crippen MR) is 108 cm³/mol. The molecule has 7 nitrogen and oxygen atoms in total. The number of carbonyl (C=O) groups is 1. The van der Waals surface area contributed by atoms with Crippen LogP contribution in [0.15, 0.2) is 34.8 Å². The first-order valence-electron chi connectivity index (χ1n) is 8.08. The van der Waals surface area contributed by atoms with Gasteiger partial charge in [-0.3, -0.25) is 4.79 Å². The van der Waals surface area contributed by atoms with Crippen molar-refractivity contribution in [3.8, 4) is 5.75 Å². The zero-order valence-electron chi connectivity index (χ0n) is 15.0. The molecule has 0 saturated heterocycles. The molecule has 3 aromatic rings. The Balaban J connectivity index is 1.57. The van der Waals surface area contributed by atoms with Gasteiger partial charge in [0.05, 0.1) is 10.9 Å². The number of anilines is 1. The van der Waals surface area contributed by atoms with E-state index >= 15 is 0 Å². The van der Waals surface area contributed by atoms with E-state index in [1.54, 1.807) is 24.3 Å². The lowest BCUT2D eigenvalue weighted by Crippen LogP contribution is -2.22. The van der Waals surface area contributed by atoms with Crippen molar-refractivity contribution in [2.45, 2.75) is 30.9 Å². The summed E-state index contributed by atoms with van der Waals surface area (Å²) in [4.78, 5) is 16.6. The number of ether oxygens (including phenoxy) is 1. The molecule has 142 valence electrons. The van der Waals surface area contributed by atoms with Crippen LogP contribution in [0.5, 0.6) is 5.75 Å². The van der Waals surface area contributed by atoms with Gasteiger partial charge in [-0.1, -0.05) is 23.4 Å². The third-order valence-corrected chi connectivity index (χ3v) is 5.87. The number of carbonyl (C=O) groups excluding carboxylic acids is 1. The molecule has 2 aromatic heterocycles. The summed E-state index contributed by atoms with van der Waals surface area (Å²) in [5.74, 6) is 1.23. The second kappa shape index (κ2) is 8.73. The van der Waals surface area contributed by atoms with Crippen LogP contribution in [0.3, 0.4) is 0 Å². The van der Waals surface area contributed by atoms with Crippen molar-refractivity contribution in [1.29, 1.82) is 0 Å². The number of rotatable bonds is 7. The zero-order valence-corrected chi connectivity index (χ0v) is 17.4. The normalized spacial score (nSPS) is 12.0. The number of aromatic nitrogens is 4. The Morgan fingerprint density at radius 3 is 2.78 bits per heavy atom. The van der Waals surface area contributed by atoms with Gasteiger partial charge in [0.2, 0.25) is 5.91 Å². The van der Waals surface area contributed by atoms with Crippen LogP contribution >= 0.6 is 34.7 Å². The van der Waals surface area contributed by atoms with Crippen LogP contribution in [-0.2, 0) is 18.4 Å². The van der Waals surface area contributed by atoms with Crippen molar-refractivity contribution in [1.82, 2.24) is 19.7 Å². The van der Waals surface area contributed by atoms with Crippen molar-refractivity contribution < 1.29 is 9.53 Å². The van der Waals surface area contributed by atoms with Crippen LogP contribution in [0.25, 0.3) is 0 Å². The minimum absolute atomic E-state index is 0.128. The van der Waals surface area contributed by atoms with E-state index in [0.29, 0.717) is 26.9 Å². The Bertz CT molecular complexity index is 926. The number of halogens is 1. The molecule has 10 heteroatoms. The Morgan fingerprint density at radius 1 is 1.37 bits per heavy atom. The van der Waals surface area contributed by atoms with Gasteiger partial charge < -0.3 is 14.6 Å². The van der Waals surface area contributed by atoms with Gasteiger partial charge in [0.1, 0.15) is 12.4 Å². The molecule has 1 atom stereocenters. The molecular formula is C17H18ClN5O2S2. The number of nitrogens with one attached hydrogen (secondary N) is 1.